The van der Waals surface area contributed by atoms with Crippen molar-refractivity contribution in [2.75, 3.05) is 40.2 Å². The summed E-state index contributed by atoms with van der Waals surface area (Å²) in [6, 6.07) is 24.8. The van der Waals surface area contributed by atoms with Crippen LogP contribution in [-0.4, -0.2) is 103 Å². The maximum absolute atomic E-state index is 15.7. The molecular weight excluding hydrogens is 831 g/mol. The maximum Gasteiger partial charge on any atom is 0.405 e. The Kier molecular flexibility index (Phi) is 13.8. The van der Waals surface area contributed by atoms with Crippen molar-refractivity contribution >= 4 is 32.0 Å². The summed E-state index contributed by atoms with van der Waals surface area (Å²) in [4.78, 5) is 15.4. The number of tetrazole rings is 1. The zero-order chi connectivity index (χ0) is 43.7. The summed E-state index contributed by atoms with van der Waals surface area (Å²) >= 11 is 0. The van der Waals surface area contributed by atoms with Crippen molar-refractivity contribution < 1.29 is 46.1 Å². The number of nitrogen functional groups attached to an aromatic ring is 1. The van der Waals surface area contributed by atoms with Crippen LogP contribution in [0.1, 0.15) is 16.7 Å². The molecule has 0 spiro atoms. The number of aromatic nitrogens is 5. The first-order valence-corrected chi connectivity index (χ1v) is 21.3. The van der Waals surface area contributed by atoms with E-state index in [0.717, 1.165) is 15.9 Å². The smallest absolute Gasteiger partial charge is 0.405 e. The summed E-state index contributed by atoms with van der Waals surface area (Å²) < 4.78 is 79.7. The fourth-order valence-corrected chi connectivity index (χ4v) is 9.70. The molecule has 21 heteroatoms. The van der Waals surface area contributed by atoms with Crippen LogP contribution in [0.15, 0.2) is 113 Å². The van der Waals surface area contributed by atoms with Gasteiger partial charge in [-0.1, -0.05) is 42.5 Å². The van der Waals surface area contributed by atoms with Crippen molar-refractivity contribution in [2.24, 2.45) is 0 Å². The highest BCUT2D eigenvalue weighted by Gasteiger charge is 2.38. The Morgan fingerprint density at radius 2 is 1.36 bits per heavy atom. The van der Waals surface area contributed by atoms with Crippen LogP contribution in [-0.2, 0) is 39.7 Å². The van der Waals surface area contributed by atoms with Crippen molar-refractivity contribution in [1.82, 2.24) is 39.5 Å². The number of rotatable bonds is 19. The first-order valence-electron chi connectivity index (χ1n) is 18.4. The highest BCUT2D eigenvalue weighted by molar-refractivity contribution is 7.92. The summed E-state index contributed by atoms with van der Waals surface area (Å²) in [5, 5.41) is 34.2. The average molecular weight is 874 g/mol. The van der Waals surface area contributed by atoms with E-state index in [2.05, 4.69) is 25.1 Å². The third kappa shape index (κ3) is 10.6. The number of nitrogens with zero attached hydrogens (tertiary/aromatic N) is 6. The summed E-state index contributed by atoms with van der Waals surface area (Å²) in [6.07, 6.45) is -0.115. The summed E-state index contributed by atoms with van der Waals surface area (Å²) in [7, 11) is -5.29. The maximum atomic E-state index is 15.7. The first-order chi connectivity index (χ1) is 29.2. The lowest BCUT2D eigenvalue weighted by Crippen LogP contribution is -2.45. The van der Waals surface area contributed by atoms with Crippen LogP contribution < -0.4 is 30.0 Å². The van der Waals surface area contributed by atoms with Gasteiger partial charge in [0.25, 0.3) is 0 Å². The molecule has 320 valence electrons. The molecule has 6 N–H and O–H groups in total. The Hall–Kier alpha value is -6.65. The van der Waals surface area contributed by atoms with Crippen LogP contribution in [0.4, 0.5) is 10.6 Å². The van der Waals surface area contributed by atoms with E-state index in [4.69, 9.17) is 19.9 Å². The number of hydrogen-bond donors (Lipinski definition) is 5. The Balaban J connectivity index is 1.60. The predicted molar refractivity (Wildman–Crippen MR) is 223 cm³/mol. The topological polar surface area (TPSA) is 263 Å². The molecule has 61 heavy (non-hydrogen) atoms. The van der Waals surface area contributed by atoms with E-state index in [1.165, 1.54) is 44.5 Å². The largest absolute Gasteiger partial charge is 0.497 e. The minimum atomic E-state index is -4.96. The van der Waals surface area contributed by atoms with E-state index in [1.54, 1.807) is 78.9 Å². The van der Waals surface area contributed by atoms with Gasteiger partial charge in [-0.25, -0.2) is 31.3 Å². The van der Waals surface area contributed by atoms with Crippen molar-refractivity contribution in [3.05, 3.63) is 120 Å². The van der Waals surface area contributed by atoms with Gasteiger partial charge in [0, 0.05) is 31.4 Å². The number of carbonyl (C=O) groups is 1. The molecule has 4 aromatic carbocycles. The molecule has 0 radical (unpaired) electrons. The minimum absolute atomic E-state index is 0.0948. The fourth-order valence-electron chi connectivity index (χ4n) is 6.21. The van der Waals surface area contributed by atoms with Gasteiger partial charge in [0.1, 0.15) is 32.9 Å². The Bertz CT molecular complexity index is 2610. The van der Waals surface area contributed by atoms with E-state index in [9.17, 15) is 23.4 Å². The van der Waals surface area contributed by atoms with Crippen LogP contribution in [0.25, 0.3) is 22.5 Å². The number of nitrogens with one attached hydrogen (secondary N) is 2. The lowest BCUT2D eigenvalue weighted by atomic mass is 10.0. The second-order valence-corrected chi connectivity index (χ2v) is 17.0. The third-order valence-corrected chi connectivity index (χ3v) is 12.8. The standard InChI is InChI=1S/C40H43N9O10S2/c1-57-31-11-4-26(5-12-31)22-48(23-27-6-13-32(58-2)14-7-27)61(55,56)38-35(60(53,54)43-21-30(25-50)44-40(51)52)18-17-34(29-10-19-36(41)42-20-29)37(38)39-45-47-49(46-39)24-28-8-15-33(59-3)16-9-28/h4-20,30,43-44,50H,21-25H2,1-3H3,(H2,41,42)(H,51,52). The van der Waals surface area contributed by atoms with Crippen LogP contribution in [0, 0.1) is 0 Å². The van der Waals surface area contributed by atoms with E-state index in [-0.39, 0.29) is 42.4 Å². The van der Waals surface area contributed by atoms with Gasteiger partial charge in [0.2, 0.25) is 25.9 Å². The number of benzene rings is 4. The molecule has 0 saturated carbocycles. The molecule has 0 aliphatic rings. The van der Waals surface area contributed by atoms with Crippen LogP contribution in [0.5, 0.6) is 17.2 Å². The number of pyridine rings is 1. The quantitative estimate of drug-likeness (QED) is 0.0782. The Morgan fingerprint density at radius 3 is 1.85 bits per heavy atom. The minimum Gasteiger partial charge on any atom is -0.497 e. The van der Waals surface area contributed by atoms with E-state index in [0.29, 0.717) is 33.9 Å². The molecule has 2 aromatic heterocycles. The highest BCUT2D eigenvalue weighted by Crippen LogP contribution is 2.41. The normalized spacial score (nSPS) is 12.2. The fraction of sp³-hybridized carbons (Fsp3) is 0.225. The number of sulfonamides is 2. The summed E-state index contributed by atoms with van der Waals surface area (Å²) in [5.74, 6) is 1.61. The monoisotopic (exact) mass is 873 g/mol. The SMILES string of the molecule is COc1ccc(CN(Cc2ccc(OC)cc2)S(=O)(=O)c2c(S(=O)(=O)NCC(CO)NC(=O)O)ccc(-c3ccc(N)nc3)c2-c2nnn(Cc3ccc(OC)cc3)n2)cc1. The van der Waals surface area contributed by atoms with Crippen molar-refractivity contribution in [2.45, 2.75) is 35.5 Å². The summed E-state index contributed by atoms with van der Waals surface area (Å²) in [5.41, 5.74) is 8.03. The molecule has 6 aromatic rings. The van der Waals surface area contributed by atoms with E-state index in [1.807, 2.05) is 5.32 Å². The molecule has 0 aliphatic carbocycles. The highest BCUT2D eigenvalue weighted by atomic mass is 32.2. The van der Waals surface area contributed by atoms with Gasteiger partial charge >= 0.3 is 6.09 Å². The van der Waals surface area contributed by atoms with Gasteiger partial charge in [-0.15, -0.1) is 10.2 Å². The number of carboxylic acid groups (broad SMARTS) is 1. The predicted octanol–water partition coefficient (Wildman–Crippen LogP) is 3.36. The lowest BCUT2D eigenvalue weighted by molar-refractivity contribution is 0.177. The number of nitrogens with two attached hydrogens (primary N) is 1. The summed E-state index contributed by atoms with van der Waals surface area (Å²) in [6.45, 7) is -1.80. The molecule has 1 unspecified atom stereocenters. The van der Waals surface area contributed by atoms with E-state index >= 15 is 8.42 Å². The Labute approximate surface area is 351 Å². The number of methoxy groups -OCH3 is 3. The molecule has 0 bridgehead atoms. The molecule has 0 fully saturated rings. The zero-order valence-corrected chi connectivity index (χ0v) is 34.8. The molecule has 2 heterocycles. The zero-order valence-electron chi connectivity index (χ0n) is 33.2. The van der Waals surface area contributed by atoms with Gasteiger partial charge in [-0.3, -0.25) is 0 Å². The first kappa shape index (κ1) is 43.9. The molecule has 0 aliphatic heterocycles. The van der Waals surface area contributed by atoms with Crippen LogP contribution in [0.2, 0.25) is 0 Å². The second kappa shape index (κ2) is 19.2. The Morgan fingerprint density at radius 1 is 0.803 bits per heavy atom. The molecule has 0 saturated heterocycles. The van der Waals surface area contributed by atoms with Crippen LogP contribution >= 0.6 is 0 Å². The number of aliphatic hydroxyl groups excluding tert-OH is 1. The lowest BCUT2D eigenvalue weighted by Gasteiger charge is -2.26. The van der Waals surface area contributed by atoms with Crippen molar-refractivity contribution in [1.29, 1.82) is 0 Å². The molecular formula is C40H43N9O10S2. The number of amides is 1. The molecule has 1 atom stereocenters. The van der Waals surface area contributed by atoms with Gasteiger partial charge < -0.3 is 35.5 Å². The molecule has 1 amide bonds. The molecule has 19 nitrogen and oxygen atoms in total. The van der Waals surface area contributed by atoms with Gasteiger partial charge in [-0.05, 0) is 82.1 Å². The number of anilines is 1. The van der Waals surface area contributed by atoms with Crippen molar-refractivity contribution in [3.63, 3.8) is 0 Å². The second-order valence-electron chi connectivity index (χ2n) is 13.4. The van der Waals surface area contributed by atoms with Crippen molar-refractivity contribution in [3.8, 4) is 39.8 Å². The van der Waals surface area contributed by atoms with E-state index < -0.39 is 55.1 Å². The third-order valence-electron chi connectivity index (χ3n) is 9.37. The number of ether oxygens (including phenoxy) is 3. The number of aliphatic hydroxyl groups is 1. The van der Waals surface area contributed by atoms with Crippen LogP contribution in [0.3, 0.4) is 0 Å². The number of hydrogen-bond acceptors (Lipinski definition) is 14. The van der Waals surface area contributed by atoms with Gasteiger partial charge in [0.15, 0.2) is 0 Å². The van der Waals surface area contributed by atoms with Gasteiger partial charge in [0.05, 0.1) is 46.1 Å². The molecule has 6 rings (SSSR count). The average Bonchev–Trinajstić information content (AvgIpc) is 3.73. The van der Waals surface area contributed by atoms with Gasteiger partial charge in [-0.2, -0.15) is 9.10 Å².